The summed E-state index contributed by atoms with van der Waals surface area (Å²) in [6.07, 6.45) is 3.98. The Labute approximate surface area is 113 Å². The monoisotopic (exact) mass is 270 g/mol. The number of halogens is 1. The zero-order valence-corrected chi connectivity index (χ0v) is 11.6. The lowest BCUT2D eigenvalue weighted by molar-refractivity contribution is -0.0394. The Bertz CT molecular complexity index is 393. The van der Waals surface area contributed by atoms with E-state index in [0.717, 1.165) is 37.3 Å². The highest BCUT2D eigenvalue weighted by atomic mass is 35.5. The van der Waals surface area contributed by atoms with Crippen molar-refractivity contribution >= 4 is 11.6 Å². The van der Waals surface area contributed by atoms with Gasteiger partial charge in [-0.2, -0.15) is 0 Å². The highest BCUT2D eigenvalue weighted by Crippen LogP contribution is 2.20. The van der Waals surface area contributed by atoms with Gasteiger partial charge >= 0.3 is 0 Å². The Morgan fingerprint density at radius 1 is 1.44 bits per heavy atom. The van der Waals surface area contributed by atoms with Crippen LogP contribution in [-0.4, -0.2) is 29.3 Å². The number of nitrogens with zero attached hydrogens (tertiary/aromatic N) is 2. The summed E-state index contributed by atoms with van der Waals surface area (Å²) in [5.74, 6) is 0.318. The summed E-state index contributed by atoms with van der Waals surface area (Å²) in [5, 5.41) is 0.300. The summed E-state index contributed by atoms with van der Waals surface area (Å²) in [6.45, 7) is 6.32. The Morgan fingerprint density at radius 2 is 2.17 bits per heavy atom. The third-order valence-electron chi connectivity index (χ3n) is 3.06. The van der Waals surface area contributed by atoms with E-state index in [1.807, 2.05) is 0 Å². The molecule has 2 rings (SSSR count). The van der Waals surface area contributed by atoms with Crippen molar-refractivity contribution in [2.45, 2.75) is 45.3 Å². The van der Waals surface area contributed by atoms with E-state index in [1.54, 1.807) is 6.20 Å². The van der Waals surface area contributed by atoms with Gasteiger partial charge in [-0.25, -0.2) is 9.97 Å². The largest absolute Gasteiger partial charge is 0.381 e. The van der Waals surface area contributed by atoms with Gasteiger partial charge in [0.05, 0.1) is 18.4 Å². The predicted molar refractivity (Wildman–Crippen MR) is 69.8 cm³/mol. The summed E-state index contributed by atoms with van der Waals surface area (Å²) in [7, 11) is 0. The van der Waals surface area contributed by atoms with Crippen molar-refractivity contribution in [2.24, 2.45) is 0 Å². The normalized spacial score (nSPS) is 17.3. The molecule has 1 aliphatic heterocycles. The molecule has 18 heavy (non-hydrogen) atoms. The van der Waals surface area contributed by atoms with Gasteiger partial charge in [0.15, 0.2) is 0 Å². The van der Waals surface area contributed by atoms with Crippen LogP contribution in [0.15, 0.2) is 6.20 Å². The minimum Gasteiger partial charge on any atom is -0.381 e. The molecule has 0 aromatic carbocycles. The van der Waals surface area contributed by atoms with Crippen LogP contribution in [0.4, 0.5) is 0 Å². The molecule has 2 heterocycles. The van der Waals surface area contributed by atoms with Crippen molar-refractivity contribution in [3.05, 3.63) is 22.7 Å². The van der Waals surface area contributed by atoms with Gasteiger partial charge in [0.1, 0.15) is 0 Å². The van der Waals surface area contributed by atoms with Gasteiger partial charge in [-0.15, -0.1) is 0 Å². The van der Waals surface area contributed by atoms with Crippen LogP contribution in [0.3, 0.4) is 0 Å². The fourth-order valence-electron chi connectivity index (χ4n) is 2.06. The van der Waals surface area contributed by atoms with Crippen molar-refractivity contribution < 1.29 is 9.47 Å². The summed E-state index contributed by atoms with van der Waals surface area (Å²) in [6, 6.07) is 0. The number of hydrogen-bond acceptors (Lipinski definition) is 4. The van der Waals surface area contributed by atoms with Gasteiger partial charge in [-0.1, -0.05) is 13.8 Å². The zero-order valence-electron chi connectivity index (χ0n) is 10.9. The van der Waals surface area contributed by atoms with Gasteiger partial charge in [-0.05, 0) is 30.4 Å². The first-order chi connectivity index (χ1) is 8.66. The first-order valence-corrected chi connectivity index (χ1v) is 6.75. The van der Waals surface area contributed by atoms with Gasteiger partial charge in [0, 0.05) is 25.0 Å². The van der Waals surface area contributed by atoms with E-state index in [0.29, 0.717) is 17.8 Å². The summed E-state index contributed by atoms with van der Waals surface area (Å²) < 4.78 is 11.2. The van der Waals surface area contributed by atoms with E-state index in [9.17, 15) is 0 Å². The number of rotatable bonds is 4. The molecular formula is C13H19ClN2O2. The van der Waals surface area contributed by atoms with E-state index in [4.69, 9.17) is 21.1 Å². The Morgan fingerprint density at radius 3 is 2.83 bits per heavy atom. The summed E-state index contributed by atoms with van der Waals surface area (Å²) >= 11 is 5.83. The molecule has 1 saturated heterocycles. The van der Waals surface area contributed by atoms with Crippen molar-refractivity contribution in [1.29, 1.82) is 0 Å². The molecule has 1 aromatic rings. The van der Waals surface area contributed by atoms with Crippen LogP contribution in [0.25, 0.3) is 0 Å². The second-order valence-corrected chi connectivity index (χ2v) is 5.17. The van der Waals surface area contributed by atoms with E-state index in [2.05, 4.69) is 23.8 Å². The molecule has 0 saturated carbocycles. The van der Waals surface area contributed by atoms with Crippen molar-refractivity contribution in [3.8, 4) is 0 Å². The van der Waals surface area contributed by atoms with E-state index < -0.39 is 0 Å². The van der Waals surface area contributed by atoms with Crippen LogP contribution >= 0.6 is 11.6 Å². The average Bonchev–Trinajstić information content (AvgIpc) is 2.38. The molecule has 0 atom stereocenters. The molecule has 100 valence electrons. The minimum atomic E-state index is 0.287. The predicted octanol–water partition coefficient (Wildman–Crippen LogP) is 2.95. The second-order valence-electron chi connectivity index (χ2n) is 4.83. The van der Waals surface area contributed by atoms with Gasteiger partial charge in [0.25, 0.3) is 0 Å². The Balaban J connectivity index is 1.99. The lowest BCUT2D eigenvalue weighted by Crippen LogP contribution is -2.23. The molecule has 0 amide bonds. The number of aromatic nitrogens is 2. The zero-order chi connectivity index (χ0) is 13.0. The van der Waals surface area contributed by atoms with Crippen LogP contribution < -0.4 is 0 Å². The first-order valence-electron chi connectivity index (χ1n) is 6.37. The quantitative estimate of drug-likeness (QED) is 0.789. The molecule has 0 N–H and O–H groups in total. The van der Waals surface area contributed by atoms with Crippen LogP contribution in [0.1, 0.15) is 43.9 Å². The molecule has 0 radical (unpaired) electrons. The standard InChI is InChI=1S/C13H19ClN2O2/c1-9(2)12-10(7-15-13(14)16-12)8-18-11-3-5-17-6-4-11/h7,9,11H,3-6,8H2,1-2H3. The van der Waals surface area contributed by atoms with Crippen molar-refractivity contribution in [1.82, 2.24) is 9.97 Å². The van der Waals surface area contributed by atoms with Crippen LogP contribution in [0.2, 0.25) is 5.28 Å². The fourth-order valence-corrected chi connectivity index (χ4v) is 2.20. The van der Waals surface area contributed by atoms with Crippen LogP contribution in [0, 0.1) is 0 Å². The molecular weight excluding hydrogens is 252 g/mol. The molecule has 5 heteroatoms. The van der Waals surface area contributed by atoms with Crippen LogP contribution in [0.5, 0.6) is 0 Å². The number of hydrogen-bond donors (Lipinski definition) is 0. The fraction of sp³-hybridized carbons (Fsp3) is 0.692. The maximum Gasteiger partial charge on any atom is 0.222 e. The third kappa shape index (κ3) is 3.64. The van der Waals surface area contributed by atoms with E-state index in [-0.39, 0.29) is 6.10 Å². The SMILES string of the molecule is CC(C)c1nc(Cl)ncc1COC1CCOCC1. The molecule has 0 spiro atoms. The second kappa shape index (κ2) is 6.45. The van der Waals surface area contributed by atoms with Gasteiger partial charge < -0.3 is 9.47 Å². The highest BCUT2D eigenvalue weighted by Gasteiger charge is 2.16. The van der Waals surface area contributed by atoms with Gasteiger partial charge in [0.2, 0.25) is 5.28 Å². The molecule has 1 aromatic heterocycles. The average molecular weight is 271 g/mol. The topological polar surface area (TPSA) is 44.2 Å². The minimum absolute atomic E-state index is 0.287. The lowest BCUT2D eigenvalue weighted by Gasteiger charge is -2.23. The number of ether oxygens (including phenoxy) is 2. The Hall–Kier alpha value is -0.710. The molecule has 1 aliphatic rings. The molecule has 0 aliphatic carbocycles. The molecule has 1 fully saturated rings. The molecule has 0 unspecified atom stereocenters. The molecule has 4 nitrogen and oxygen atoms in total. The molecule has 0 bridgehead atoms. The smallest absolute Gasteiger partial charge is 0.222 e. The first kappa shape index (κ1) is 13.7. The van der Waals surface area contributed by atoms with E-state index >= 15 is 0 Å². The lowest BCUT2D eigenvalue weighted by atomic mass is 10.1. The van der Waals surface area contributed by atoms with Gasteiger partial charge in [-0.3, -0.25) is 0 Å². The van der Waals surface area contributed by atoms with Crippen molar-refractivity contribution in [2.75, 3.05) is 13.2 Å². The van der Waals surface area contributed by atoms with Crippen LogP contribution in [-0.2, 0) is 16.1 Å². The summed E-state index contributed by atoms with van der Waals surface area (Å²) in [4.78, 5) is 8.32. The maximum absolute atomic E-state index is 5.90. The summed E-state index contributed by atoms with van der Waals surface area (Å²) in [5.41, 5.74) is 2.00. The Kier molecular flexibility index (Phi) is 4.92. The van der Waals surface area contributed by atoms with E-state index in [1.165, 1.54) is 0 Å². The third-order valence-corrected chi connectivity index (χ3v) is 3.24. The van der Waals surface area contributed by atoms with Crippen molar-refractivity contribution in [3.63, 3.8) is 0 Å². The highest BCUT2D eigenvalue weighted by molar-refractivity contribution is 6.28. The maximum atomic E-state index is 5.90.